The third-order valence-corrected chi connectivity index (χ3v) is 6.05. The number of aromatic nitrogens is 4. The first kappa shape index (κ1) is 20.7. The van der Waals surface area contributed by atoms with E-state index in [0.717, 1.165) is 17.0 Å². The van der Waals surface area contributed by atoms with E-state index in [1.807, 2.05) is 30.3 Å². The van der Waals surface area contributed by atoms with Crippen molar-refractivity contribution in [1.29, 1.82) is 0 Å². The van der Waals surface area contributed by atoms with Gasteiger partial charge in [-0.15, -0.1) is 0 Å². The summed E-state index contributed by atoms with van der Waals surface area (Å²) in [5.41, 5.74) is 1.98. The van der Waals surface area contributed by atoms with E-state index in [1.54, 1.807) is 35.1 Å². The highest BCUT2D eigenvalue weighted by molar-refractivity contribution is 7.17. The van der Waals surface area contributed by atoms with Crippen LogP contribution in [-0.2, 0) is 0 Å². The monoisotopic (exact) mass is 476 g/mol. The van der Waals surface area contributed by atoms with E-state index in [-0.39, 0.29) is 15.7 Å². The molecule has 3 heterocycles. The Balaban J connectivity index is 1.63. The van der Waals surface area contributed by atoms with Gasteiger partial charge in [-0.1, -0.05) is 41.1 Å². The van der Waals surface area contributed by atoms with Gasteiger partial charge in [0.05, 0.1) is 27.1 Å². The molecule has 162 valence electrons. The molecule has 5 aromatic rings. The molecule has 0 bridgehead atoms. The van der Waals surface area contributed by atoms with E-state index in [1.165, 1.54) is 12.1 Å². The summed E-state index contributed by atoms with van der Waals surface area (Å²) in [6, 6.07) is 19.2. The fraction of sp³-hybridized carbons (Fsp3) is 0. The Morgan fingerprint density at radius 1 is 1.03 bits per heavy atom. The van der Waals surface area contributed by atoms with Crippen LogP contribution in [0.25, 0.3) is 28.1 Å². The summed E-state index contributed by atoms with van der Waals surface area (Å²) in [4.78, 5) is 32.7. The summed E-state index contributed by atoms with van der Waals surface area (Å²) < 4.78 is 1.65. The van der Waals surface area contributed by atoms with Crippen LogP contribution >= 0.6 is 22.9 Å². The number of nitro groups is 1. The summed E-state index contributed by atoms with van der Waals surface area (Å²) in [6.45, 7) is 0. The van der Waals surface area contributed by atoms with Crippen LogP contribution in [-0.4, -0.2) is 30.6 Å². The molecule has 0 aliphatic rings. The van der Waals surface area contributed by atoms with Crippen molar-refractivity contribution >= 4 is 50.7 Å². The van der Waals surface area contributed by atoms with Gasteiger partial charge in [-0.25, -0.2) is 14.6 Å². The maximum atomic E-state index is 12.8. The average molecular weight is 477 g/mol. The summed E-state index contributed by atoms with van der Waals surface area (Å²) in [5, 5.41) is 19.1. The number of halogens is 1. The number of nitrogens with zero attached hydrogens (tertiary/aromatic N) is 5. The van der Waals surface area contributed by atoms with Crippen molar-refractivity contribution < 1.29 is 9.72 Å². The number of thiophene rings is 1. The molecule has 11 heteroatoms. The number of nitrogens with one attached hydrogen (secondary N) is 1. The minimum atomic E-state index is -0.535. The van der Waals surface area contributed by atoms with Crippen molar-refractivity contribution in [2.45, 2.75) is 0 Å². The highest BCUT2D eigenvalue weighted by atomic mass is 35.5. The van der Waals surface area contributed by atoms with Gasteiger partial charge in [-0.3, -0.25) is 14.9 Å². The molecule has 0 atom stereocenters. The van der Waals surface area contributed by atoms with E-state index < -0.39 is 10.8 Å². The van der Waals surface area contributed by atoms with Crippen LogP contribution < -0.4 is 5.32 Å². The number of amides is 1. The van der Waals surface area contributed by atoms with Gasteiger partial charge in [0.2, 0.25) is 0 Å². The minimum Gasteiger partial charge on any atom is -0.305 e. The van der Waals surface area contributed by atoms with Gasteiger partial charge in [0.15, 0.2) is 11.5 Å². The molecule has 1 amide bonds. The number of anilines is 1. The molecule has 0 unspecified atom stereocenters. The zero-order chi connectivity index (χ0) is 22.9. The van der Waals surface area contributed by atoms with Crippen LogP contribution in [0.1, 0.15) is 9.67 Å². The smallest absolute Gasteiger partial charge is 0.305 e. The SMILES string of the molecule is O=C(Nc1nc(-c2ccc(Cl)cc2)nc2c1cnn2-c1ccccc1)c1ccc([N+](=O)[O-])s1. The maximum Gasteiger partial charge on any atom is 0.324 e. The maximum absolute atomic E-state index is 12.8. The number of benzene rings is 2. The average Bonchev–Trinajstić information content (AvgIpc) is 3.48. The number of hydrogen-bond donors (Lipinski definition) is 1. The molecule has 0 spiro atoms. The highest BCUT2D eigenvalue weighted by Gasteiger charge is 2.20. The Hall–Kier alpha value is -4.15. The number of hydrogen-bond acceptors (Lipinski definition) is 7. The molecule has 9 nitrogen and oxygen atoms in total. The van der Waals surface area contributed by atoms with Crippen LogP contribution in [0.3, 0.4) is 0 Å². The lowest BCUT2D eigenvalue weighted by Crippen LogP contribution is -2.12. The van der Waals surface area contributed by atoms with Crippen molar-refractivity contribution in [1.82, 2.24) is 19.7 Å². The Kier molecular flexibility index (Phi) is 5.29. The van der Waals surface area contributed by atoms with Crippen LogP contribution in [0.4, 0.5) is 10.8 Å². The first-order chi connectivity index (χ1) is 16.0. The second kappa shape index (κ2) is 8.41. The largest absolute Gasteiger partial charge is 0.324 e. The van der Waals surface area contributed by atoms with Crippen molar-refractivity contribution in [3.8, 4) is 17.1 Å². The molecule has 0 radical (unpaired) electrons. The zero-order valence-corrected chi connectivity index (χ0v) is 18.2. The van der Waals surface area contributed by atoms with Crippen LogP contribution in [0.2, 0.25) is 5.02 Å². The summed E-state index contributed by atoms with van der Waals surface area (Å²) in [5.74, 6) is 0.0973. The fourth-order valence-electron chi connectivity index (χ4n) is 3.21. The number of carbonyl (C=O) groups is 1. The van der Waals surface area contributed by atoms with Gasteiger partial charge >= 0.3 is 5.00 Å². The molecule has 5 rings (SSSR count). The lowest BCUT2D eigenvalue weighted by Gasteiger charge is -2.09. The van der Waals surface area contributed by atoms with E-state index in [9.17, 15) is 14.9 Å². The predicted octanol–water partition coefficient (Wildman–Crippen LogP) is 5.36. The van der Waals surface area contributed by atoms with Crippen molar-refractivity contribution in [3.05, 3.63) is 92.9 Å². The van der Waals surface area contributed by atoms with Crippen molar-refractivity contribution in [2.24, 2.45) is 0 Å². The molecule has 3 aromatic heterocycles. The Bertz CT molecular complexity index is 1500. The Labute approximate surface area is 195 Å². The van der Waals surface area contributed by atoms with Gasteiger partial charge in [0, 0.05) is 16.7 Å². The summed E-state index contributed by atoms with van der Waals surface area (Å²) in [6.07, 6.45) is 1.57. The quantitative estimate of drug-likeness (QED) is 0.269. The molecule has 0 aliphatic heterocycles. The molecule has 0 saturated heterocycles. The van der Waals surface area contributed by atoms with Gasteiger partial charge in [-0.2, -0.15) is 5.10 Å². The molecule has 0 saturated carbocycles. The zero-order valence-electron chi connectivity index (χ0n) is 16.7. The number of fused-ring (bicyclic) bond motifs is 1. The van der Waals surface area contributed by atoms with Crippen LogP contribution in [0.15, 0.2) is 72.9 Å². The van der Waals surface area contributed by atoms with E-state index in [2.05, 4.69) is 20.4 Å². The van der Waals surface area contributed by atoms with Crippen molar-refractivity contribution in [2.75, 3.05) is 5.32 Å². The standard InChI is InChI=1S/C22H13ClN6O3S/c23-14-8-6-13(7-9-14)19-25-20(27-22(30)17-10-11-18(33-17)29(31)32)16-12-24-28(21(16)26-19)15-4-2-1-3-5-15/h1-12H,(H,25,26,27,30). The van der Waals surface area contributed by atoms with E-state index in [4.69, 9.17) is 11.6 Å². The van der Waals surface area contributed by atoms with Gasteiger partial charge in [-0.05, 0) is 42.5 Å². The number of para-hydroxylation sites is 1. The predicted molar refractivity (Wildman–Crippen MR) is 126 cm³/mol. The number of rotatable bonds is 5. The normalized spacial score (nSPS) is 10.9. The Morgan fingerprint density at radius 2 is 1.79 bits per heavy atom. The van der Waals surface area contributed by atoms with Crippen LogP contribution in [0, 0.1) is 10.1 Å². The van der Waals surface area contributed by atoms with Gasteiger partial charge in [0.1, 0.15) is 5.82 Å². The lowest BCUT2D eigenvalue weighted by atomic mass is 10.2. The second-order valence-corrected chi connectivity index (χ2v) is 8.38. The van der Waals surface area contributed by atoms with Crippen LogP contribution in [0.5, 0.6) is 0 Å². The minimum absolute atomic E-state index is 0.119. The Morgan fingerprint density at radius 3 is 2.48 bits per heavy atom. The third kappa shape index (κ3) is 4.04. The van der Waals surface area contributed by atoms with E-state index in [0.29, 0.717) is 27.4 Å². The molecular formula is C22H13ClN6O3S. The first-order valence-corrected chi connectivity index (χ1v) is 10.8. The molecule has 1 N–H and O–H groups in total. The molecule has 0 fully saturated rings. The van der Waals surface area contributed by atoms with Crippen molar-refractivity contribution in [3.63, 3.8) is 0 Å². The summed E-state index contributed by atoms with van der Waals surface area (Å²) >= 11 is 6.80. The first-order valence-electron chi connectivity index (χ1n) is 9.62. The molecular weight excluding hydrogens is 464 g/mol. The van der Waals surface area contributed by atoms with Gasteiger partial charge in [0.25, 0.3) is 5.91 Å². The van der Waals surface area contributed by atoms with E-state index >= 15 is 0 Å². The van der Waals surface area contributed by atoms with Gasteiger partial charge < -0.3 is 5.32 Å². The topological polar surface area (TPSA) is 116 Å². The highest BCUT2D eigenvalue weighted by Crippen LogP contribution is 2.29. The fourth-order valence-corrected chi connectivity index (χ4v) is 4.05. The third-order valence-electron chi connectivity index (χ3n) is 4.76. The molecule has 0 aliphatic carbocycles. The second-order valence-electron chi connectivity index (χ2n) is 6.88. The number of carbonyl (C=O) groups excluding carboxylic acids is 1. The summed E-state index contributed by atoms with van der Waals surface area (Å²) in [7, 11) is 0. The lowest BCUT2D eigenvalue weighted by molar-refractivity contribution is -0.380. The molecule has 2 aromatic carbocycles. The molecule has 33 heavy (non-hydrogen) atoms.